The second kappa shape index (κ2) is 11.3. The molecule has 2 N–H and O–H groups in total. The van der Waals surface area contributed by atoms with Gasteiger partial charge >= 0.3 is 6.36 Å². The van der Waals surface area contributed by atoms with E-state index in [9.17, 15) is 27.2 Å². The van der Waals surface area contributed by atoms with Crippen molar-refractivity contribution in [1.82, 2.24) is 20.1 Å². The van der Waals surface area contributed by atoms with E-state index < -0.39 is 29.9 Å². The maximum Gasteiger partial charge on any atom is 0.573 e. The number of carbonyl (C=O) groups is 2. The highest BCUT2D eigenvalue weighted by atomic mass is 19.4. The number of anilines is 2. The van der Waals surface area contributed by atoms with Crippen LogP contribution in [0.2, 0.25) is 0 Å². The van der Waals surface area contributed by atoms with Gasteiger partial charge in [-0.15, -0.1) is 23.4 Å². The lowest BCUT2D eigenvalue weighted by atomic mass is 10.1. The lowest BCUT2D eigenvalue weighted by Crippen LogP contribution is -2.41. The summed E-state index contributed by atoms with van der Waals surface area (Å²) in [5.41, 5.74) is -0.120. The van der Waals surface area contributed by atoms with Crippen LogP contribution in [0, 0.1) is 5.95 Å². The second-order valence-electron chi connectivity index (χ2n) is 7.80. The zero-order valence-electron chi connectivity index (χ0n) is 19.1. The first kappa shape index (κ1) is 25.9. The third-order valence-electron chi connectivity index (χ3n) is 5.15. The molecule has 2 aromatic heterocycles. The van der Waals surface area contributed by atoms with Crippen LogP contribution in [0.5, 0.6) is 5.75 Å². The molecular formula is C23H20F4N6O4. The molecule has 37 heavy (non-hydrogen) atoms. The van der Waals surface area contributed by atoms with Crippen molar-refractivity contribution in [2.75, 3.05) is 43.5 Å². The molecule has 1 fully saturated rings. The van der Waals surface area contributed by atoms with Crippen LogP contribution in [0.25, 0.3) is 11.3 Å². The molecule has 0 saturated carbocycles. The van der Waals surface area contributed by atoms with E-state index in [0.29, 0.717) is 26.3 Å². The Morgan fingerprint density at radius 2 is 1.84 bits per heavy atom. The van der Waals surface area contributed by atoms with Crippen molar-refractivity contribution in [3.05, 3.63) is 60.2 Å². The third-order valence-corrected chi connectivity index (χ3v) is 5.15. The van der Waals surface area contributed by atoms with Crippen molar-refractivity contribution in [3.63, 3.8) is 0 Å². The topological polar surface area (TPSA) is 119 Å². The summed E-state index contributed by atoms with van der Waals surface area (Å²) in [4.78, 5) is 30.5. The molecule has 194 valence electrons. The Balaban J connectivity index is 1.49. The van der Waals surface area contributed by atoms with Crippen molar-refractivity contribution in [3.8, 4) is 17.0 Å². The standard InChI is InChI=1S/C23H20F4N6O4/c24-21-15(2-1-7-28-21)16-4-6-19(32-31-16)30-22(35)14-3-5-18(37-23(25,26)27)17(12-14)29-20(34)13-33-8-10-36-11-9-33/h1-7,12H,8-11,13H2,(H,29,34)(H,30,32,35). The Bertz CT molecular complexity index is 1270. The number of amides is 2. The van der Waals surface area contributed by atoms with Crippen LogP contribution in [0.4, 0.5) is 29.1 Å². The molecular weight excluding hydrogens is 500 g/mol. The van der Waals surface area contributed by atoms with E-state index in [0.717, 1.165) is 18.2 Å². The minimum absolute atomic E-state index is 0.00608. The largest absolute Gasteiger partial charge is 0.573 e. The first-order valence-electron chi connectivity index (χ1n) is 10.9. The summed E-state index contributed by atoms with van der Waals surface area (Å²) >= 11 is 0. The number of nitrogens with one attached hydrogen (secondary N) is 2. The molecule has 0 aliphatic carbocycles. The fraction of sp³-hybridized carbons (Fsp3) is 0.261. The molecule has 0 unspecified atom stereocenters. The zero-order chi connectivity index (χ0) is 26.4. The number of pyridine rings is 1. The van der Waals surface area contributed by atoms with Crippen molar-refractivity contribution in [2.45, 2.75) is 6.36 Å². The van der Waals surface area contributed by atoms with E-state index in [1.165, 1.54) is 30.5 Å². The van der Waals surface area contributed by atoms with Gasteiger partial charge in [-0.05, 0) is 42.5 Å². The summed E-state index contributed by atoms with van der Waals surface area (Å²) in [6.45, 7) is 1.79. The molecule has 3 heterocycles. The van der Waals surface area contributed by atoms with Crippen LogP contribution in [0.3, 0.4) is 0 Å². The van der Waals surface area contributed by atoms with E-state index in [-0.39, 0.29) is 34.9 Å². The predicted molar refractivity (Wildman–Crippen MR) is 122 cm³/mol. The van der Waals surface area contributed by atoms with Crippen LogP contribution >= 0.6 is 0 Å². The van der Waals surface area contributed by atoms with Gasteiger partial charge < -0.3 is 20.1 Å². The Hall–Kier alpha value is -4.17. The fourth-order valence-electron chi connectivity index (χ4n) is 3.44. The summed E-state index contributed by atoms with van der Waals surface area (Å²) in [6, 6.07) is 8.86. The van der Waals surface area contributed by atoms with E-state index >= 15 is 0 Å². The van der Waals surface area contributed by atoms with Gasteiger partial charge in [0.15, 0.2) is 11.6 Å². The highest BCUT2D eigenvalue weighted by molar-refractivity contribution is 6.05. The van der Waals surface area contributed by atoms with Gasteiger partial charge in [-0.1, -0.05) is 0 Å². The van der Waals surface area contributed by atoms with Gasteiger partial charge in [0.1, 0.15) is 0 Å². The number of hydrogen-bond donors (Lipinski definition) is 2. The first-order valence-corrected chi connectivity index (χ1v) is 10.9. The summed E-state index contributed by atoms with van der Waals surface area (Å²) in [7, 11) is 0. The quantitative estimate of drug-likeness (QED) is 0.361. The number of ether oxygens (including phenoxy) is 2. The first-order chi connectivity index (χ1) is 17.7. The van der Waals surface area contributed by atoms with Gasteiger partial charge in [0, 0.05) is 24.8 Å². The van der Waals surface area contributed by atoms with Crippen molar-refractivity contribution < 1.29 is 36.6 Å². The minimum Gasteiger partial charge on any atom is -0.404 e. The monoisotopic (exact) mass is 520 g/mol. The van der Waals surface area contributed by atoms with Crippen LogP contribution in [0.1, 0.15) is 10.4 Å². The second-order valence-corrected chi connectivity index (χ2v) is 7.80. The molecule has 0 atom stereocenters. The highest BCUT2D eigenvalue weighted by Crippen LogP contribution is 2.31. The van der Waals surface area contributed by atoms with Crippen LogP contribution in [-0.4, -0.2) is 71.1 Å². The summed E-state index contributed by atoms with van der Waals surface area (Å²) in [5.74, 6) is -2.74. The SMILES string of the molecule is O=C(CN1CCOCC1)Nc1cc(C(=O)Nc2ccc(-c3cccnc3F)nn2)ccc1OC(F)(F)F. The average molecular weight is 520 g/mol. The number of nitrogens with zero attached hydrogens (tertiary/aromatic N) is 4. The van der Waals surface area contributed by atoms with Crippen molar-refractivity contribution in [1.29, 1.82) is 0 Å². The zero-order valence-corrected chi connectivity index (χ0v) is 19.1. The summed E-state index contributed by atoms with van der Waals surface area (Å²) in [5, 5.41) is 12.5. The van der Waals surface area contributed by atoms with Gasteiger partial charge in [-0.25, -0.2) is 4.98 Å². The Labute approximate surface area is 207 Å². The lowest BCUT2D eigenvalue weighted by molar-refractivity contribution is -0.274. The van der Waals surface area contributed by atoms with Gasteiger partial charge in [0.05, 0.1) is 36.7 Å². The Morgan fingerprint density at radius 3 is 2.51 bits per heavy atom. The molecule has 0 radical (unpaired) electrons. The maximum absolute atomic E-state index is 13.8. The number of benzene rings is 1. The molecule has 1 aliphatic rings. The summed E-state index contributed by atoms with van der Waals surface area (Å²) < 4.78 is 61.7. The number of alkyl halides is 3. The molecule has 1 aliphatic heterocycles. The molecule has 3 aromatic rings. The predicted octanol–water partition coefficient (Wildman–Crippen LogP) is 3.10. The van der Waals surface area contributed by atoms with Crippen LogP contribution in [0.15, 0.2) is 48.7 Å². The van der Waals surface area contributed by atoms with Crippen molar-refractivity contribution in [2.24, 2.45) is 0 Å². The Morgan fingerprint density at radius 1 is 1.05 bits per heavy atom. The maximum atomic E-state index is 13.8. The molecule has 2 amide bonds. The minimum atomic E-state index is -5.02. The van der Waals surface area contributed by atoms with Crippen molar-refractivity contribution >= 4 is 23.3 Å². The van der Waals surface area contributed by atoms with Gasteiger partial charge in [-0.3, -0.25) is 14.5 Å². The smallest absolute Gasteiger partial charge is 0.404 e. The molecule has 0 bridgehead atoms. The normalized spacial score (nSPS) is 14.2. The number of carbonyl (C=O) groups excluding carboxylic acids is 2. The van der Waals surface area contributed by atoms with Gasteiger partial charge in [0.25, 0.3) is 5.91 Å². The molecule has 1 saturated heterocycles. The van der Waals surface area contributed by atoms with E-state index in [2.05, 4.69) is 30.6 Å². The van der Waals surface area contributed by atoms with E-state index in [4.69, 9.17) is 4.74 Å². The van der Waals surface area contributed by atoms with Crippen LogP contribution < -0.4 is 15.4 Å². The van der Waals surface area contributed by atoms with Crippen LogP contribution in [-0.2, 0) is 9.53 Å². The highest BCUT2D eigenvalue weighted by Gasteiger charge is 2.32. The van der Waals surface area contributed by atoms with Gasteiger partial charge in [0.2, 0.25) is 11.9 Å². The third kappa shape index (κ3) is 7.17. The Kier molecular flexibility index (Phi) is 7.89. The number of aromatic nitrogens is 3. The molecule has 0 spiro atoms. The van der Waals surface area contributed by atoms with E-state index in [1.807, 2.05) is 0 Å². The number of rotatable bonds is 7. The average Bonchev–Trinajstić information content (AvgIpc) is 2.86. The molecule has 14 heteroatoms. The molecule has 10 nitrogen and oxygen atoms in total. The van der Waals surface area contributed by atoms with E-state index in [1.54, 1.807) is 4.90 Å². The number of hydrogen-bond acceptors (Lipinski definition) is 8. The fourth-order valence-corrected chi connectivity index (χ4v) is 3.44. The number of morpholine rings is 1. The molecule has 1 aromatic carbocycles. The summed E-state index contributed by atoms with van der Waals surface area (Å²) in [6.07, 6.45) is -3.73. The van der Waals surface area contributed by atoms with Gasteiger partial charge in [-0.2, -0.15) is 4.39 Å². The lowest BCUT2D eigenvalue weighted by Gasteiger charge is -2.26. The number of halogens is 4. The molecule has 4 rings (SSSR count).